The van der Waals surface area contributed by atoms with Crippen LogP contribution in [-0.2, 0) is 4.74 Å². The number of hydrogen-bond acceptors (Lipinski definition) is 7. The van der Waals surface area contributed by atoms with E-state index in [1.165, 1.54) is 37.0 Å². The molecule has 0 atom stereocenters. The standard InChI is InChI=1S/C16H21N5O2S/c22-15(20-16-21-19-11-24-16)12-6-7-14(18-10-12)17-8-3-9-23-13-4-1-2-5-13/h6-7,10-11,13H,1-5,8-9H2,(H,17,18)(H,20,21,22). The zero-order chi connectivity index (χ0) is 16.6. The van der Waals surface area contributed by atoms with Crippen LogP contribution in [0.25, 0.3) is 0 Å². The maximum atomic E-state index is 12.0. The molecule has 0 aromatic carbocycles. The molecule has 0 unspecified atom stereocenters. The molecular formula is C16H21N5O2S. The Morgan fingerprint density at radius 3 is 2.92 bits per heavy atom. The van der Waals surface area contributed by atoms with Crippen molar-refractivity contribution in [3.63, 3.8) is 0 Å². The molecule has 1 aliphatic rings. The predicted octanol–water partition coefficient (Wildman–Crippen LogP) is 2.95. The van der Waals surface area contributed by atoms with E-state index in [2.05, 4.69) is 25.8 Å². The van der Waals surface area contributed by atoms with Gasteiger partial charge in [-0.3, -0.25) is 10.1 Å². The van der Waals surface area contributed by atoms with Gasteiger partial charge in [-0.1, -0.05) is 24.2 Å². The van der Waals surface area contributed by atoms with Crippen molar-refractivity contribution in [3.05, 3.63) is 29.4 Å². The van der Waals surface area contributed by atoms with Gasteiger partial charge in [0.1, 0.15) is 11.3 Å². The number of rotatable bonds is 8. The summed E-state index contributed by atoms with van der Waals surface area (Å²) in [7, 11) is 0. The molecule has 0 aliphatic heterocycles. The summed E-state index contributed by atoms with van der Waals surface area (Å²) in [5.74, 6) is 0.513. The van der Waals surface area contributed by atoms with Gasteiger partial charge < -0.3 is 10.1 Å². The second kappa shape index (κ2) is 8.70. The number of ether oxygens (including phenoxy) is 1. The first kappa shape index (κ1) is 16.8. The van der Waals surface area contributed by atoms with Gasteiger partial charge in [0.15, 0.2) is 0 Å². The van der Waals surface area contributed by atoms with Gasteiger partial charge in [0.2, 0.25) is 5.13 Å². The normalized spacial score (nSPS) is 14.7. The van der Waals surface area contributed by atoms with Crippen LogP contribution < -0.4 is 10.6 Å². The largest absolute Gasteiger partial charge is 0.378 e. The van der Waals surface area contributed by atoms with E-state index in [1.54, 1.807) is 23.8 Å². The second-order valence-corrected chi connectivity index (χ2v) is 6.52. The summed E-state index contributed by atoms with van der Waals surface area (Å²) in [5, 5.41) is 13.8. The molecule has 0 radical (unpaired) electrons. The minimum Gasteiger partial charge on any atom is -0.378 e. The van der Waals surface area contributed by atoms with Crippen molar-refractivity contribution in [2.45, 2.75) is 38.2 Å². The van der Waals surface area contributed by atoms with E-state index < -0.39 is 0 Å². The lowest BCUT2D eigenvalue weighted by Crippen LogP contribution is -2.13. The molecule has 2 N–H and O–H groups in total. The molecule has 0 spiro atoms. The van der Waals surface area contributed by atoms with Crippen LogP contribution in [-0.4, -0.2) is 40.3 Å². The topological polar surface area (TPSA) is 89.0 Å². The van der Waals surface area contributed by atoms with Crippen molar-refractivity contribution in [2.24, 2.45) is 0 Å². The van der Waals surface area contributed by atoms with E-state index in [1.807, 2.05) is 0 Å². The van der Waals surface area contributed by atoms with E-state index in [9.17, 15) is 4.79 Å². The molecule has 24 heavy (non-hydrogen) atoms. The van der Waals surface area contributed by atoms with Crippen molar-refractivity contribution in [2.75, 3.05) is 23.8 Å². The molecule has 7 nitrogen and oxygen atoms in total. The summed E-state index contributed by atoms with van der Waals surface area (Å²) < 4.78 is 5.82. The molecule has 1 saturated carbocycles. The van der Waals surface area contributed by atoms with Crippen molar-refractivity contribution in [1.82, 2.24) is 15.2 Å². The molecule has 128 valence electrons. The monoisotopic (exact) mass is 347 g/mol. The Hall–Kier alpha value is -2.06. The van der Waals surface area contributed by atoms with Crippen LogP contribution in [0.5, 0.6) is 0 Å². The molecule has 8 heteroatoms. The van der Waals surface area contributed by atoms with E-state index in [0.717, 1.165) is 25.4 Å². The first-order chi connectivity index (χ1) is 11.8. The Bertz CT molecular complexity index is 626. The Kier molecular flexibility index (Phi) is 6.08. The maximum Gasteiger partial charge on any atom is 0.259 e. The highest BCUT2D eigenvalue weighted by atomic mass is 32.1. The molecule has 0 saturated heterocycles. The highest BCUT2D eigenvalue weighted by Crippen LogP contribution is 2.20. The van der Waals surface area contributed by atoms with Crippen molar-refractivity contribution in [1.29, 1.82) is 0 Å². The van der Waals surface area contributed by atoms with Crippen LogP contribution in [0.1, 0.15) is 42.5 Å². The molecule has 1 aliphatic carbocycles. The summed E-state index contributed by atoms with van der Waals surface area (Å²) in [6.45, 7) is 1.58. The average Bonchev–Trinajstić information content (AvgIpc) is 3.29. The smallest absolute Gasteiger partial charge is 0.259 e. The van der Waals surface area contributed by atoms with Gasteiger partial charge in [0.25, 0.3) is 5.91 Å². The fourth-order valence-corrected chi connectivity index (χ4v) is 3.06. The molecule has 2 aromatic heterocycles. The summed E-state index contributed by atoms with van der Waals surface area (Å²) in [4.78, 5) is 16.3. The van der Waals surface area contributed by atoms with E-state index in [4.69, 9.17) is 4.74 Å². The Morgan fingerprint density at radius 2 is 2.21 bits per heavy atom. The summed E-state index contributed by atoms with van der Waals surface area (Å²) in [6, 6.07) is 3.54. The number of hydrogen-bond donors (Lipinski definition) is 2. The van der Waals surface area contributed by atoms with Crippen LogP contribution in [0.2, 0.25) is 0 Å². The maximum absolute atomic E-state index is 12.0. The SMILES string of the molecule is O=C(Nc1nncs1)c1ccc(NCCCOC2CCCC2)nc1. The Balaban J connectivity index is 1.37. The quantitative estimate of drug-likeness (QED) is 0.714. The van der Waals surface area contributed by atoms with E-state index in [0.29, 0.717) is 16.8 Å². The van der Waals surface area contributed by atoms with Gasteiger partial charge in [0.05, 0.1) is 11.7 Å². The number of anilines is 2. The van der Waals surface area contributed by atoms with Crippen LogP contribution in [0.15, 0.2) is 23.8 Å². The first-order valence-corrected chi connectivity index (χ1v) is 9.08. The predicted molar refractivity (Wildman–Crippen MR) is 93.4 cm³/mol. The summed E-state index contributed by atoms with van der Waals surface area (Å²) in [5.41, 5.74) is 2.05. The van der Waals surface area contributed by atoms with E-state index in [-0.39, 0.29) is 5.91 Å². The zero-order valence-electron chi connectivity index (χ0n) is 13.4. The molecule has 1 amide bonds. The molecule has 3 rings (SSSR count). The number of carbonyl (C=O) groups excluding carboxylic acids is 1. The molecular weight excluding hydrogens is 326 g/mol. The number of carbonyl (C=O) groups is 1. The van der Waals surface area contributed by atoms with Crippen molar-refractivity contribution >= 4 is 28.2 Å². The van der Waals surface area contributed by atoms with Gasteiger partial charge in [-0.25, -0.2) is 4.98 Å². The Morgan fingerprint density at radius 1 is 1.33 bits per heavy atom. The van der Waals surface area contributed by atoms with Crippen LogP contribution in [0.3, 0.4) is 0 Å². The third-order valence-electron chi connectivity index (χ3n) is 3.89. The number of nitrogens with one attached hydrogen (secondary N) is 2. The minimum atomic E-state index is -0.240. The molecule has 0 bridgehead atoms. The van der Waals surface area contributed by atoms with Crippen LogP contribution in [0, 0.1) is 0 Å². The molecule has 1 fully saturated rings. The average molecular weight is 347 g/mol. The number of amides is 1. The zero-order valence-corrected chi connectivity index (χ0v) is 14.2. The third-order valence-corrected chi connectivity index (χ3v) is 4.50. The second-order valence-electron chi connectivity index (χ2n) is 5.69. The molecule has 2 heterocycles. The number of pyridine rings is 1. The summed E-state index contributed by atoms with van der Waals surface area (Å²) in [6.07, 6.45) is 7.96. The van der Waals surface area contributed by atoms with Crippen LogP contribution >= 0.6 is 11.3 Å². The Labute approximate surface area is 144 Å². The lowest BCUT2D eigenvalue weighted by atomic mass is 10.2. The molecule has 2 aromatic rings. The van der Waals surface area contributed by atoms with Gasteiger partial charge in [0, 0.05) is 19.3 Å². The van der Waals surface area contributed by atoms with Gasteiger partial charge >= 0.3 is 0 Å². The van der Waals surface area contributed by atoms with Gasteiger partial charge in [-0.05, 0) is 31.4 Å². The number of aromatic nitrogens is 3. The van der Waals surface area contributed by atoms with Gasteiger partial charge in [-0.15, -0.1) is 10.2 Å². The third kappa shape index (κ3) is 4.97. The van der Waals surface area contributed by atoms with Crippen molar-refractivity contribution in [3.8, 4) is 0 Å². The van der Waals surface area contributed by atoms with Crippen molar-refractivity contribution < 1.29 is 9.53 Å². The fraction of sp³-hybridized carbons (Fsp3) is 0.500. The first-order valence-electron chi connectivity index (χ1n) is 8.20. The van der Waals surface area contributed by atoms with Crippen LogP contribution in [0.4, 0.5) is 10.9 Å². The fourth-order valence-electron chi connectivity index (χ4n) is 2.62. The highest BCUT2D eigenvalue weighted by molar-refractivity contribution is 7.13. The number of nitrogens with zero attached hydrogens (tertiary/aromatic N) is 3. The van der Waals surface area contributed by atoms with E-state index >= 15 is 0 Å². The lowest BCUT2D eigenvalue weighted by Gasteiger charge is -2.11. The highest BCUT2D eigenvalue weighted by Gasteiger charge is 2.14. The lowest BCUT2D eigenvalue weighted by molar-refractivity contribution is 0.0583. The summed E-state index contributed by atoms with van der Waals surface area (Å²) >= 11 is 1.27. The minimum absolute atomic E-state index is 0.240. The van der Waals surface area contributed by atoms with Gasteiger partial charge in [-0.2, -0.15) is 0 Å².